The van der Waals surface area contributed by atoms with E-state index in [0.717, 1.165) is 10.4 Å². The van der Waals surface area contributed by atoms with Gasteiger partial charge in [-0.1, -0.05) is 36.4 Å². The van der Waals surface area contributed by atoms with Gasteiger partial charge in [-0.25, -0.2) is 0 Å². The van der Waals surface area contributed by atoms with Crippen LogP contribution in [0, 0.1) is 0 Å². The molecule has 2 aromatic rings. The van der Waals surface area contributed by atoms with Crippen molar-refractivity contribution >= 4 is 34.8 Å². The summed E-state index contributed by atoms with van der Waals surface area (Å²) in [5.74, 6) is -0.383. The number of rotatable bonds is 10. The summed E-state index contributed by atoms with van der Waals surface area (Å²) < 4.78 is 5.06. The first kappa shape index (κ1) is 21.4. The summed E-state index contributed by atoms with van der Waals surface area (Å²) >= 11 is 7.56. The third kappa shape index (κ3) is 6.97. The number of halogens is 1. The quantitative estimate of drug-likeness (QED) is 0.566. The number of carbonyl (C=O) groups is 2. The topological polar surface area (TPSA) is 49.9 Å². The highest BCUT2D eigenvalue weighted by Gasteiger charge is 2.24. The first-order valence-electron chi connectivity index (χ1n) is 8.77. The molecule has 0 saturated heterocycles. The lowest BCUT2D eigenvalue weighted by atomic mass is 10.2. The predicted octanol–water partition coefficient (Wildman–Crippen LogP) is 3.38. The number of alkyl halides is 1. The Morgan fingerprint density at radius 2 is 1.85 bits per heavy atom. The van der Waals surface area contributed by atoms with Gasteiger partial charge < -0.3 is 14.5 Å². The zero-order valence-corrected chi connectivity index (χ0v) is 17.2. The van der Waals surface area contributed by atoms with Crippen LogP contribution in [0.1, 0.15) is 17.4 Å². The minimum Gasteiger partial charge on any atom is -0.383 e. The SMILES string of the molecule is COCCN(CC(=O)N(Cc1ccccc1)Cc1cccs1)C(=O)[C@H](C)Cl. The molecule has 1 aromatic carbocycles. The van der Waals surface area contributed by atoms with Crippen molar-refractivity contribution in [2.24, 2.45) is 0 Å². The van der Waals surface area contributed by atoms with Crippen LogP contribution >= 0.6 is 22.9 Å². The van der Waals surface area contributed by atoms with Crippen molar-refractivity contribution in [2.45, 2.75) is 25.4 Å². The Morgan fingerprint density at radius 3 is 2.44 bits per heavy atom. The number of benzene rings is 1. The average Bonchev–Trinajstić information content (AvgIpc) is 3.17. The number of amides is 2. The third-order valence-electron chi connectivity index (χ3n) is 4.04. The molecule has 2 amide bonds. The number of hydrogen-bond donors (Lipinski definition) is 0. The third-order valence-corrected chi connectivity index (χ3v) is 5.09. The van der Waals surface area contributed by atoms with E-state index < -0.39 is 5.38 Å². The van der Waals surface area contributed by atoms with E-state index in [1.807, 2.05) is 47.8 Å². The van der Waals surface area contributed by atoms with Crippen molar-refractivity contribution in [3.05, 3.63) is 58.3 Å². The second-order valence-corrected chi connectivity index (χ2v) is 7.87. The van der Waals surface area contributed by atoms with Gasteiger partial charge in [0, 0.05) is 25.1 Å². The van der Waals surface area contributed by atoms with E-state index >= 15 is 0 Å². The summed E-state index contributed by atoms with van der Waals surface area (Å²) in [6.45, 7) is 3.27. The molecule has 27 heavy (non-hydrogen) atoms. The van der Waals surface area contributed by atoms with Crippen LogP contribution in [0.4, 0.5) is 0 Å². The van der Waals surface area contributed by atoms with Crippen LogP contribution in [-0.4, -0.2) is 53.8 Å². The van der Waals surface area contributed by atoms with E-state index in [-0.39, 0.29) is 18.4 Å². The van der Waals surface area contributed by atoms with Crippen LogP contribution in [0.25, 0.3) is 0 Å². The minimum absolute atomic E-state index is 0.0164. The fraction of sp³-hybridized carbons (Fsp3) is 0.400. The van der Waals surface area contributed by atoms with E-state index in [1.54, 1.807) is 30.3 Å². The van der Waals surface area contributed by atoms with Crippen molar-refractivity contribution < 1.29 is 14.3 Å². The van der Waals surface area contributed by atoms with Crippen molar-refractivity contribution in [3.63, 3.8) is 0 Å². The van der Waals surface area contributed by atoms with E-state index in [2.05, 4.69) is 0 Å². The fourth-order valence-corrected chi connectivity index (χ4v) is 3.47. The fourth-order valence-electron chi connectivity index (χ4n) is 2.61. The monoisotopic (exact) mass is 408 g/mol. The van der Waals surface area contributed by atoms with Gasteiger partial charge in [0.2, 0.25) is 11.8 Å². The minimum atomic E-state index is -0.686. The second-order valence-electron chi connectivity index (χ2n) is 6.18. The maximum Gasteiger partial charge on any atom is 0.242 e. The number of carbonyl (C=O) groups excluding carboxylic acids is 2. The van der Waals surface area contributed by atoms with Crippen molar-refractivity contribution in [1.29, 1.82) is 0 Å². The number of ether oxygens (including phenoxy) is 1. The molecule has 1 heterocycles. The zero-order chi connectivity index (χ0) is 19.6. The molecule has 1 aromatic heterocycles. The Kier molecular flexibility index (Phi) is 8.78. The Bertz CT molecular complexity index is 707. The van der Waals surface area contributed by atoms with Gasteiger partial charge in [0.15, 0.2) is 0 Å². The first-order chi connectivity index (χ1) is 13.0. The van der Waals surface area contributed by atoms with E-state index in [0.29, 0.717) is 26.2 Å². The van der Waals surface area contributed by atoms with Crippen molar-refractivity contribution in [3.8, 4) is 0 Å². The Labute approximate surface area is 169 Å². The van der Waals surface area contributed by atoms with Crippen LogP contribution < -0.4 is 0 Å². The average molecular weight is 409 g/mol. The summed E-state index contributed by atoms with van der Waals surface area (Å²) in [6.07, 6.45) is 0. The molecule has 146 valence electrons. The lowest BCUT2D eigenvalue weighted by Gasteiger charge is -2.28. The molecule has 5 nitrogen and oxygen atoms in total. The summed E-state index contributed by atoms with van der Waals surface area (Å²) in [4.78, 5) is 29.7. The lowest BCUT2D eigenvalue weighted by Crippen LogP contribution is -2.45. The molecular weight excluding hydrogens is 384 g/mol. The Balaban J connectivity index is 2.13. The highest BCUT2D eigenvalue weighted by atomic mass is 35.5. The summed E-state index contributed by atoms with van der Waals surface area (Å²) in [5.41, 5.74) is 1.04. The molecule has 0 N–H and O–H groups in total. The zero-order valence-electron chi connectivity index (χ0n) is 15.6. The van der Waals surface area contributed by atoms with Gasteiger partial charge in [-0.2, -0.15) is 0 Å². The van der Waals surface area contributed by atoms with Gasteiger partial charge in [0.25, 0.3) is 0 Å². The van der Waals surface area contributed by atoms with Gasteiger partial charge in [-0.3, -0.25) is 9.59 Å². The number of methoxy groups -OCH3 is 1. The Morgan fingerprint density at radius 1 is 1.11 bits per heavy atom. The molecule has 0 bridgehead atoms. The van der Waals surface area contributed by atoms with Gasteiger partial charge in [-0.05, 0) is 23.9 Å². The van der Waals surface area contributed by atoms with Gasteiger partial charge in [0.05, 0.1) is 19.7 Å². The smallest absolute Gasteiger partial charge is 0.242 e. The van der Waals surface area contributed by atoms with Crippen LogP contribution in [0.5, 0.6) is 0 Å². The lowest BCUT2D eigenvalue weighted by molar-refractivity contribution is -0.141. The van der Waals surface area contributed by atoms with Crippen LogP contribution in [-0.2, 0) is 27.4 Å². The summed E-state index contributed by atoms with van der Waals surface area (Å²) in [7, 11) is 1.56. The molecule has 0 fully saturated rings. The highest BCUT2D eigenvalue weighted by Crippen LogP contribution is 2.15. The molecule has 0 aliphatic rings. The molecule has 1 atom stereocenters. The van der Waals surface area contributed by atoms with E-state index in [9.17, 15) is 9.59 Å². The molecular formula is C20H25ClN2O3S. The highest BCUT2D eigenvalue weighted by molar-refractivity contribution is 7.09. The molecule has 2 rings (SSSR count). The predicted molar refractivity (Wildman–Crippen MR) is 109 cm³/mol. The first-order valence-corrected chi connectivity index (χ1v) is 10.1. The van der Waals surface area contributed by atoms with E-state index in [4.69, 9.17) is 16.3 Å². The normalized spacial score (nSPS) is 11.8. The maximum absolute atomic E-state index is 13.0. The molecule has 0 radical (unpaired) electrons. The molecule has 0 unspecified atom stereocenters. The molecule has 7 heteroatoms. The number of hydrogen-bond acceptors (Lipinski definition) is 4. The number of thiophene rings is 1. The second kappa shape index (κ2) is 11.1. The largest absolute Gasteiger partial charge is 0.383 e. The van der Waals surface area contributed by atoms with Crippen LogP contribution in [0.3, 0.4) is 0 Å². The molecule has 0 saturated carbocycles. The number of nitrogens with zero attached hydrogens (tertiary/aromatic N) is 2. The van der Waals surface area contributed by atoms with Crippen LogP contribution in [0.15, 0.2) is 47.8 Å². The van der Waals surface area contributed by atoms with Gasteiger partial charge >= 0.3 is 0 Å². The standard InChI is InChI=1S/C20H25ClN2O3S/c1-16(21)20(25)22(10-11-26-2)15-19(24)23(14-18-9-6-12-27-18)13-17-7-4-3-5-8-17/h3-9,12,16H,10-11,13-15H2,1-2H3/t16-/m0/s1. The molecule has 0 aliphatic carbocycles. The van der Waals surface area contributed by atoms with E-state index in [1.165, 1.54) is 4.90 Å². The van der Waals surface area contributed by atoms with Gasteiger partial charge in [0.1, 0.15) is 5.38 Å². The summed E-state index contributed by atoms with van der Waals surface area (Å²) in [6, 6.07) is 13.8. The Hall–Kier alpha value is -1.89. The summed E-state index contributed by atoms with van der Waals surface area (Å²) in [5, 5.41) is 1.30. The van der Waals surface area contributed by atoms with Crippen LogP contribution in [0.2, 0.25) is 0 Å². The maximum atomic E-state index is 13.0. The molecule has 0 spiro atoms. The van der Waals surface area contributed by atoms with Crippen molar-refractivity contribution in [2.75, 3.05) is 26.8 Å². The molecule has 0 aliphatic heterocycles. The van der Waals surface area contributed by atoms with Crippen molar-refractivity contribution in [1.82, 2.24) is 9.80 Å². The van der Waals surface area contributed by atoms with Gasteiger partial charge in [-0.15, -0.1) is 22.9 Å².